The third-order valence-corrected chi connectivity index (χ3v) is 5.88. The molecule has 3 heterocycles. The van der Waals surface area contributed by atoms with E-state index in [2.05, 4.69) is 4.98 Å². The van der Waals surface area contributed by atoms with E-state index < -0.39 is 11.9 Å². The average molecular weight is 409 g/mol. The largest absolute Gasteiger partial charge is 0.386 e. The molecule has 8 heteroatoms. The highest BCUT2D eigenvalue weighted by Crippen LogP contribution is 2.37. The van der Waals surface area contributed by atoms with E-state index >= 15 is 0 Å². The lowest BCUT2D eigenvalue weighted by Gasteiger charge is -2.17. The van der Waals surface area contributed by atoms with Crippen LogP contribution in [-0.4, -0.2) is 21.3 Å². The fourth-order valence-corrected chi connectivity index (χ4v) is 4.29. The number of pyridine rings is 1. The van der Waals surface area contributed by atoms with Crippen molar-refractivity contribution in [3.8, 4) is 0 Å². The lowest BCUT2D eigenvalue weighted by atomic mass is 9.92. The fraction of sp³-hybridized carbons (Fsp3) is 0. The second-order valence-electron chi connectivity index (χ2n) is 6.58. The minimum Gasteiger partial charge on any atom is -0.386 e. The normalized spacial score (nSPS) is 13.9. The van der Waals surface area contributed by atoms with Crippen molar-refractivity contribution >= 4 is 73.4 Å². The number of carbonyl (C=O) groups excluding carboxylic acids is 2. The summed E-state index contributed by atoms with van der Waals surface area (Å²) in [7, 11) is 0. The molecule has 0 saturated heterocycles. The summed E-state index contributed by atoms with van der Waals surface area (Å²) in [5.74, 6) is -1.46. The Morgan fingerprint density at radius 2 is 1.46 bits per heavy atom. The first-order valence-electron chi connectivity index (χ1n) is 8.24. The van der Waals surface area contributed by atoms with Gasteiger partial charge in [-0.1, -0.05) is 23.2 Å². The topological polar surface area (TPSA) is 77.7 Å². The number of rotatable bonds is 0. The maximum absolute atomic E-state index is 13.3. The average Bonchev–Trinajstić information content (AvgIpc) is 3.03. The fourth-order valence-electron chi connectivity index (χ4n) is 3.97. The molecule has 0 N–H and O–H groups in total. The highest BCUT2D eigenvalue weighted by molar-refractivity contribution is 6.42. The maximum atomic E-state index is 13.3. The van der Waals surface area contributed by atoms with Crippen LogP contribution in [0.5, 0.6) is 0 Å². The molecule has 0 atom stereocenters. The summed E-state index contributed by atoms with van der Waals surface area (Å²) in [6, 6.07) is 9.56. The minimum absolute atomic E-state index is 0.249. The SMILES string of the molecule is O=C1OC(=O)c2ccc3c4c2c1ccc4c(=O)n1c2cc(Cl)c(Cl)cc2nc31. The third kappa shape index (κ3) is 1.74. The number of nitrogens with zero attached hydrogens (tertiary/aromatic N) is 2. The number of cyclic esters (lactones) is 2. The van der Waals surface area contributed by atoms with Gasteiger partial charge in [-0.3, -0.25) is 9.20 Å². The van der Waals surface area contributed by atoms with E-state index in [1.165, 1.54) is 10.5 Å². The van der Waals surface area contributed by atoms with Crippen LogP contribution in [0.3, 0.4) is 0 Å². The summed E-state index contributed by atoms with van der Waals surface area (Å²) < 4.78 is 6.26. The molecule has 1 aliphatic heterocycles. The first-order chi connectivity index (χ1) is 13.5. The van der Waals surface area contributed by atoms with Crippen LogP contribution in [-0.2, 0) is 4.74 Å². The van der Waals surface area contributed by atoms with Crippen LogP contribution in [0.1, 0.15) is 20.7 Å². The molecule has 0 unspecified atom stereocenters. The van der Waals surface area contributed by atoms with Crippen molar-refractivity contribution in [2.24, 2.45) is 0 Å². The van der Waals surface area contributed by atoms with Crippen molar-refractivity contribution in [1.29, 1.82) is 0 Å². The van der Waals surface area contributed by atoms with E-state index in [-0.39, 0.29) is 16.7 Å². The zero-order chi connectivity index (χ0) is 19.3. The Kier molecular flexibility index (Phi) is 2.81. The first kappa shape index (κ1) is 15.8. The van der Waals surface area contributed by atoms with E-state index in [0.29, 0.717) is 48.3 Å². The molecule has 0 bridgehead atoms. The summed E-state index contributed by atoms with van der Waals surface area (Å²) >= 11 is 12.2. The Morgan fingerprint density at radius 1 is 0.821 bits per heavy atom. The van der Waals surface area contributed by atoms with Gasteiger partial charge >= 0.3 is 11.9 Å². The Labute approximate surface area is 165 Å². The predicted octanol–water partition coefficient (Wildman–Crippen LogP) is 4.21. The van der Waals surface area contributed by atoms with Gasteiger partial charge in [-0.25, -0.2) is 14.6 Å². The molecule has 134 valence electrons. The molecule has 5 aromatic rings. The Balaban J connectivity index is 1.95. The van der Waals surface area contributed by atoms with Crippen LogP contribution in [0, 0.1) is 0 Å². The van der Waals surface area contributed by atoms with Gasteiger partial charge < -0.3 is 4.74 Å². The molecule has 1 aliphatic rings. The highest BCUT2D eigenvalue weighted by Gasteiger charge is 2.30. The maximum Gasteiger partial charge on any atom is 0.346 e. The van der Waals surface area contributed by atoms with Crippen molar-refractivity contribution in [3.63, 3.8) is 0 Å². The predicted molar refractivity (Wildman–Crippen MR) is 105 cm³/mol. The molecule has 3 aromatic carbocycles. The first-order valence-corrected chi connectivity index (χ1v) is 9.00. The van der Waals surface area contributed by atoms with Crippen LogP contribution < -0.4 is 5.56 Å². The molecule has 0 radical (unpaired) electrons. The molecule has 0 saturated carbocycles. The summed E-state index contributed by atoms with van der Waals surface area (Å²) in [4.78, 5) is 42.2. The van der Waals surface area contributed by atoms with Crippen molar-refractivity contribution in [1.82, 2.24) is 9.38 Å². The summed E-state index contributed by atoms with van der Waals surface area (Å²) in [5, 5.41) is 2.59. The zero-order valence-corrected chi connectivity index (χ0v) is 15.3. The van der Waals surface area contributed by atoms with Crippen LogP contribution in [0.4, 0.5) is 0 Å². The third-order valence-electron chi connectivity index (χ3n) is 5.16. The second-order valence-corrected chi connectivity index (χ2v) is 7.39. The standard InChI is InChI=1S/C20H6Cl2N2O4/c21-11-5-13-14(6-12(11)22)24-17(23-13)7-1-3-9-16-10(20(27)28-19(9)26)4-2-8(15(7)16)18(24)25/h1-6H. The second kappa shape index (κ2) is 4.98. The van der Waals surface area contributed by atoms with E-state index in [1.54, 1.807) is 30.3 Å². The van der Waals surface area contributed by atoms with Crippen molar-refractivity contribution in [2.45, 2.75) is 0 Å². The van der Waals surface area contributed by atoms with Gasteiger partial charge in [0.05, 0.1) is 32.2 Å². The zero-order valence-electron chi connectivity index (χ0n) is 13.7. The van der Waals surface area contributed by atoms with Crippen molar-refractivity contribution in [2.75, 3.05) is 0 Å². The molecule has 0 amide bonds. The van der Waals surface area contributed by atoms with Crippen LogP contribution in [0.2, 0.25) is 10.0 Å². The number of aromatic nitrogens is 2. The van der Waals surface area contributed by atoms with E-state index in [1.807, 2.05) is 0 Å². The summed E-state index contributed by atoms with van der Waals surface area (Å²) in [6.45, 7) is 0. The van der Waals surface area contributed by atoms with Gasteiger partial charge in [0.2, 0.25) is 0 Å². The quantitative estimate of drug-likeness (QED) is 0.283. The number of ether oxygens (including phenoxy) is 1. The number of hydrogen-bond acceptors (Lipinski definition) is 5. The van der Waals surface area contributed by atoms with Gasteiger partial charge in [0.15, 0.2) is 0 Å². The van der Waals surface area contributed by atoms with Crippen LogP contribution in [0.15, 0.2) is 41.2 Å². The number of fused-ring (bicyclic) bond motifs is 4. The lowest BCUT2D eigenvalue weighted by molar-refractivity contribution is 0.0391. The van der Waals surface area contributed by atoms with E-state index in [9.17, 15) is 14.4 Å². The van der Waals surface area contributed by atoms with Gasteiger partial charge in [-0.2, -0.15) is 0 Å². The molecular formula is C20H6Cl2N2O4. The van der Waals surface area contributed by atoms with Gasteiger partial charge in [-0.05, 0) is 36.4 Å². The molecular weight excluding hydrogens is 403 g/mol. The van der Waals surface area contributed by atoms with Crippen molar-refractivity contribution < 1.29 is 14.3 Å². The molecule has 2 aromatic heterocycles. The summed E-state index contributed by atoms with van der Waals surface area (Å²) in [5.41, 5.74) is 1.63. The van der Waals surface area contributed by atoms with E-state index in [4.69, 9.17) is 27.9 Å². The number of hydrogen-bond donors (Lipinski definition) is 0. The number of halogens is 2. The monoisotopic (exact) mass is 408 g/mol. The Bertz CT molecular complexity index is 1600. The van der Waals surface area contributed by atoms with Gasteiger partial charge in [0.25, 0.3) is 5.56 Å². The lowest BCUT2D eigenvalue weighted by Crippen LogP contribution is -2.21. The molecule has 0 spiro atoms. The molecule has 0 aliphatic carbocycles. The number of esters is 2. The highest BCUT2D eigenvalue weighted by atomic mass is 35.5. The molecule has 6 nitrogen and oxygen atoms in total. The molecule has 6 rings (SSSR count). The van der Waals surface area contributed by atoms with Gasteiger partial charge in [-0.15, -0.1) is 0 Å². The molecule has 0 fully saturated rings. The van der Waals surface area contributed by atoms with Crippen LogP contribution in [0.25, 0.3) is 38.2 Å². The van der Waals surface area contributed by atoms with E-state index in [0.717, 1.165) is 0 Å². The molecule has 28 heavy (non-hydrogen) atoms. The van der Waals surface area contributed by atoms with Crippen LogP contribution >= 0.6 is 23.2 Å². The Morgan fingerprint density at radius 3 is 2.18 bits per heavy atom. The number of carbonyl (C=O) groups is 2. The minimum atomic E-state index is -0.730. The summed E-state index contributed by atoms with van der Waals surface area (Å²) in [6.07, 6.45) is 0. The van der Waals surface area contributed by atoms with Gasteiger partial charge in [0.1, 0.15) is 5.65 Å². The number of imidazole rings is 1. The Hall–Kier alpha value is -3.22. The smallest absolute Gasteiger partial charge is 0.346 e. The van der Waals surface area contributed by atoms with Crippen molar-refractivity contribution in [3.05, 3.63) is 67.9 Å². The van der Waals surface area contributed by atoms with Gasteiger partial charge in [0, 0.05) is 21.5 Å². The number of benzene rings is 3.